The summed E-state index contributed by atoms with van der Waals surface area (Å²) in [6.07, 6.45) is 1.51. The highest BCUT2D eigenvalue weighted by molar-refractivity contribution is 7.89. The lowest BCUT2D eigenvalue weighted by atomic mass is 10.2. The van der Waals surface area contributed by atoms with Gasteiger partial charge in [-0.3, -0.25) is 4.99 Å². The van der Waals surface area contributed by atoms with Gasteiger partial charge in [0.2, 0.25) is 21.8 Å². The predicted octanol–water partition coefficient (Wildman–Crippen LogP) is 1.10. The van der Waals surface area contributed by atoms with Gasteiger partial charge in [0, 0.05) is 31.7 Å². The van der Waals surface area contributed by atoms with Gasteiger partial charge in [-0.1, -0.05) is 24.8 Å². The number of nitrogens with zero attached hydrogens (tertiary/aromatic N) is 6. The van der Waals surface area contributed by atoms with E-state index in [9.17, 15) is 8.42 Å². The predicted molar refractivity (Wildman–Crippen MR) is 115 cm³/mol. The lowest BCUT2D eigenvalue weighted by Crippen LogP contribution is -2.51. The van der Waals surface area contributed by atoms with Gasteiger partial charge < -0.3 is 15.1 Å². The summed E-state index contributed by atoms with van der Waals surface area (Å²) in [6.45, 7) is 7.09. The van der Waals surface area contributed by atoms with E-state index in [-0.39, 0.29) is 18.1 Å². The third-order valence-electron chi connectivity index (χ3n) is 4.53. The van der Waals surface area contributed by atoms with E-state index in [2.05, 4.69) is 26.8 Å². The van der Waals surface area contributed by atoms with Crippen molar-refractivity contribution in [1.82, 2.24) is 19.4 Å². The van der Waals surface area contributed by atoms with Crippen LogP contribution in [0.15, 0.2) is 57.1 Å². The minimum Gasteiger partial charge on any atom is -0.419 e. The second kappa shape index (κ2) is 9.63. The third kappa shape index (κ3) is 5.51. The molecule has 2 heterocycles. The average molecular weight is 432 g/mol. The lowest BCUT2D eigenvalue weighted by molar-refractivity contribution is 0.268. The first-order chi connectivity index (χ1) is 14.4. The fourth-order valence-electron chi connectivity index (χ4n) is 2.90. The van der Waals surface area contributed by atoms with E-state index >= 15 is 0 Å². The average Bonchev–Trinajstić information content (AvgIpc) is 3.23. The van der Waals surface area contributed by atoms with E-state index in [1.54, 1.807) is 6.92 Å². The highest BCUT2D eigenvalue weighted by Crippen LogP contribution is 2.17. The van der Waals surface area contributed by atoms with Crippen molar-refractivity contribution < 1.29 is 12.8 Å². The number of hydrogen-bond donors (Lipinski definition) is 1. The molecule has 160 valence electrons. The number of hydrogen-bond acceptors (Lipinski definition) is 8. The Kier molecular flexibility index (Phi) is 6.95. The zero-order valence-electron chi connectivity index (χ0n) is 16.8. The molecular weight excluding hydrogens is 406 g/mol. The topological polar surface area (TPSA) is 130 Å². The Morgan fingerprint density at radius 3 is 2.57 bits per heavy atom. The number of benzene rings is 1. The Hall–Kier alpha value is -3.05. The van der Waals surface area contributed by atoms with Crippen LogP contribution in [0.5, 0.6) is 0 Å². The fourth-order valence-corrected chi connectivity index (χ4v) is 3.99. The van der Waals surface area contributed by atoms with Crippen molar-refractivity contribution in [3.63, 3.8) is 0 Å². The molecule has 2 aromatic rings. The molecule has 3 rings (SSSR count). The molecule has 0 spiro atoms. The molecule has 0 radical (unpaired) electrons. The second-order valence-electron chi connectivity index (χ2n) is 6.58. The van der Waals surface area contributed by atoms with Gasteiger partial charge in [0.05, 0.1) is 12.0 Å². The van der Waals surface area contributed by atoms with Gasteiger partial charge in [-0.2, -0.15) is 4.31 Å². The minimum absolute atomic E-state index is 0.0866. The van der Waals surface area contributed by atoms with Crippen molar-refractivity contribution in [2.24, 2.45) is 15.7 Å². The molecule has 1 fully saturated rings. The number of amidine groups is 1. The molecule has 0 bridgehead atoms. The molecule has 0 saturated carbocycles. The van der Waals surface area contributed by atoms with Crippen LogP contribution in [0.25, 0.3) is 11.5 Å². The van der Waals surface area contributed by atoms with Crippen LogP contribution in [-0.4, -0.2) is 71.8 Å². The highest BCUT2D eigenvalue weighted by atomic mass is 32.2. The Morgan fingerprint density at radius 2 is 1.93 bits per heavy atom. The first-order valence-electron chi connectivity index (χ1n) is 9.52. The summed E-state index contributed by atoms with van der Waals surface area (Å²) in [5, 5.41) is 8.10. The normalized spacial score (nSPS) is 16.3. The number of rotatable bonds is 7. The van der Waals surface area contributed by atoms with Gasteiger partial charge in [-0.25, -0.2) is 13.4 Å². The number of nitrogens with two attached hydrogens (primary N) is 1. The van der Waals surface area contributed by atoms with Crippen LogP contribution >= 0.6 is 0 Å². The van der Waals surface area contributed by atoms with Crippen molar-refractivity contribution >= 4 is 22.1 Å². The maximum Gasteiger partial charge on any atom is 0.247 e. The summed E-state index contributed by atoms with van der Waals surface area (Å²) >= 11 is 0. The van der Waals surface area contributed by atoms with Crippen LogP contribution in [0.1, 0.15) is 12.8 Å². The Morgan fingerprint density at radius 1 is 1.23 bits per heavy atom. The van der Waals surface area contributed by atoms with E-state index in [1.165, 1.54) is 10.5 Å². The van der Waals surface area contributed by atoms with Gasteiger partial charge in [0.25, 0.3) is 0 Å². The van der Waals surface area contributed by atoms with Crippen molar-refractivity contribution in [3.05, 3.63) is 48.6 Å². The monoisotopic (exact) mass is 431 g/mol. The molecule has 10 nitrogen and oxygen atoms in total. The molecule has 1 aliphatic heterocycles. The molecule has 0 unspecified atom stereocenters. The molecule has 2 N–H and O–H groups in total. The molecule has 0 amide bonds. The van der Waals surface area contributed by atoms with E-state index in [1.807, 2.05) is 35.2 Å². The standard InChI is InChI=1S/C19H25N7O3S/c1-3-30(27,28)26-11-9-25(10-12-26)17(13-21-15(2)20)22-14-18-23-24-19(29-18)16-7-5-4-6-8-16/h4-8,13H,2-3,9-12,14,20H2,1H3/b21-13-,22-17?. The van der Waals surface area contributed by atoms with Crippen LogP contribution < -0.4 is 5.73 Å². The summed E-state index contributed by atoms with van der Waals surface area (Å²) < 4.78 is 31.3. The maximum absolute atomic E-state index is 12.1. The van der Waals surface area contributed by atoms with Gasteiger partial charge in [-0.15, -0.1) is 10.2 Å². The number of aliphatic imine (C=N–C) groups is 2. The van der Waals surface area contributed by atoms with Crippen molar-refractivity contribution in [1.29, 1.82) is 0 Å². The van der Waals surface area contributed by atoms with Crippen LogP contribution in [0.4, 0.5) is 0 Å². The van der Waals surface area contributed by atoms with Crippen LogP contribution in [0.2, 0.25) is 0 Å². The number of aromatic nitrogens is 2. The van der Waals surface area contributed by atoms with E-state index in [0.29, 0.717) is 43.8 Å². The molecule has 1 aliphatic rings. The van der Waals surface area contributed by atoms with E-state index < -0.39 is 10.0 Å². The Bertz CT molecular complexity index is 1020. The van der Waals surface area contributed by atoms with Crippen molar-refractivity contribution in [2.75, 3.05) is 31.9 Å². The highest BCUT2D eigenvalue weighted by Gasteiger charge is 2.26. The third-order valence-corrected chi connectivity index (χ3v) is 6.41. The molecule has 1 saturated heterocycles. The van der Waals surface area contributed by atoms with Crippen molar-refractivity contribution in [2.45, 2.75) is 13.5 Å². The summed E-state index contributed by atoms with van der Waals surface area (Å²) in [5.41, 5.74) is 6.38. The van der Waals surface area contributed by atoms with Gasteiger partial charge in [-0.05, 0) is 19.1 Å². The maximum atomic E-state index is 12.1. The summed E-state index contributed by atoms with van der Waals surface area (Å²) in [5.74, 6) is 1.57. The first kappa shape index (κ1) is 21.7. The first-order valence-corrected chi connectivity index (χ1v) is 11.1. The molecule has 0 aliphatic carbocycles. The van der Waals surface area contributed by atoms with Gasteiger partial charge in [0.1, 0.15) is 18.2 Å². The molecule has 30 heavy (non-hydrogen) atoms. The Balaban J connectivity index is 1.72. The Labute approximate surface area is 175 Å². The lowest BCUT2D eigenvalue weighted by Gasteiger charge is -2.34. The second-order valence-corrected chi connectivity index (χ2v) is 8.84. The number of piperazine rings is 1. The summed E-state index contributed by atoms with van der Waals surface area (Å²) in [6, 6.07) is 9.46. The smallest absolute Gasteiger partial charge is 0.247 e. The largest absolute Gasteiger partial charge is 0.419 e. The molecule has 11 heteroatoms. The molecule has 0 atom stereocenters. The minimum atomic E-state index is -3.21. The van der Waals surface area contributed by atoms with Crippen LogP contribution in [0, 0.1) is 0 Å². The van der Waals surface area contributed by atoms with Crippen LogP contribution in [-0.2, 0) is 16.6 Å². The quantitative estimate of drug-likeness (QED) is 0.513. The molecular formula is C19H25N7O3S. The summed E-state index contributed by atoms with van der Waals surface area (Å²) in [7, 11) is -3.21. The molecule has 1 aromatic carbocycles. The zero-order valence-corrected chi connectivity index (χ0v) is 17.6. The van der Waals surface area contributed by atoms with Gasteiger partial charge >= 0.3 is 0 Å². The SMILES string of the molecule is C=C(N)/N=C\C(=NCc1nnc(-c2ccccc2)o1)N1CCN(S(=O)(=O)CC)CC1. The molecule has 1 aromatic heterocycles. The fraction of sp³-hybridized carbons (Fsp3) is 0.368. The number of sulfonamides is 1. The van der Waals surface area contributed by atoms with E-state index in [4.69, 9.17) is 10.2 Å². The summed E-state index contributed by atoms with van der Waals surface area (Å²) in [4.78, 5) is 10.5. The van der Waals surface area contributed by atoms with Crippen LogP contribution in [0.3, 0.4) is 0 Å². The zero-order chi connectivity index (χ0) is 21.6. The van der Waals surface area contributed by atoms with Crippen molar-refractivity contribution in [3.8, 4) is 11.5 Å². The van der Waals surface area contributed by atoms with Gasteiger partial charge in [0.15, 0.2) is 0 Å². The van der Waals surface area contributed by atoms with E-state index in [0.717, 1.165) is 5.56 Å².